The number of nitrogens with one attached hydrogen (secondary N) is 2. The van der Waals surface area contributed by atoms with Gasteiger partial charge in [0, 0.05) is 30.1 Å². The standard InChI is InChI=1S/C18H19FN4O3S/c19-11-3-1-10(2-4-11)14-9-27-16(21-14)6-20-12-5-15-17(25)22-13(8-24)18(26)23(15)7-12/h1-4,9,12-13,15,20,24H,5-8H2,(H,22,25)/t12-,13+,15-/m0/s1. The lowest BCUT2D eigenvalue weighted by atomic mass is 10.1. The van der Waals surface area contributed by atoms with Crippen LogP contribution in [-0.4, -0.2) is 58.1 Å². The van der Waals surface area contributed by atoms with Crippen LogP contribution in [0, 0.1) is 5.82 Å². The Hall–Kier alpha value is -2.36. The molecule has 2 fully saturated rings. The highest BCUT2D eigenvalue weighted by atomic mass is 32.1. The van der Waals surface area contributed by atoms with Crippen molar-refractivity contribution in [1.82, 2.24) is 20.5 Å². The van der Waals surface area contributed by atoms with Crippen LogP contribution >= 0.6 is 11.3 Å². The topological polar surface area (TPSA) is 94.6 Å². The number of carbonyl (C=O) groups is 2. The quantitative estimate of drug-likeness (QED) is 0.691. The minimum absolute atomic E-state index is 0.0136. The van der Waals surface area contributed by atoms with E-state index in [4.69, 9.17) is 0 Å². The van der Waals surface area contributed by atoms with E-state index in [2.05, 4.69) is 15.6 Å². The highest BCUT2D eigenvalue weighted by Crippen LogP contribution is 2.25. The molecule has 7 nitrogen and oxygen atoms in total. The van der Waals surface area contributed by atoms with Crippen molar-refractivity contribution >= 4 is 23.2 Å². The van der Waals surface area contributed by atoms with Gasteiger partial charge in [-0.3, -0.25) is 9.59 Å². The van der Waals surface area contributed by atoms with E-state index in [-0.39, 0.29) is 23.7 Å². The number of amides is 2. The number of rotatable bonds is 5. The Labute approximate surface area is 159 Å². The summed E-state index contributed by atoms with van der Waals surface area (Å²) in [4.78, 5) is 30.5. The molecule has 2 aromatic rings. The van der Waals surface area contributed by atoms with Crippen LogP contribution in [0.3, 0.4) is 0 Å². The number of hydrogen-bond donors (Lipinski definition) is 3. The van der Waals surface area contributed by atoms with Crippen molar-refractivity contribution in [2.75, 3.05) is 13.2 Å². The first-order valence-corrected chi connectivity index (χ1v) is 9.58. The predicted molar refractivity (Wildman–Crippen MR) is 97.3 cm³/mol. The first-order valence-electron chi connectivity index (χ1n) is 8.70. The summed E-state index contributed by atoms with van der Waals surface area (Å²) in [5, 5.41) is 17.9. The predicted octanol–water partition coefficient (Wildman–Crippen LogP) is 0.499. The van der Waals surface area contributed by atoms with Crippen molar-refractivity contribution in [3.8, 4) is 11.3 Å². The lowest BCUT2D eigenvalue weighted by Gasteiger charge is -2.33. The average Bonchev–Trinajstić information content (AvgIpc) is 3.31. The highest BCUT2D eigenvalue weighted by molar-refractivity contribution is 7.09. The smallest absolute Gasteiger partial charge is 0.248 e. The number of halogens is 1. The Kier molecular flexibility index (Phi) is 4.90. The third kappa shape index (κ3) is 3.58. The van der Waals surface area contributed by atoms with Crippen LogP contribution in [0.2, 0.25) is 0 Å². The Bertz CT molecular complexity index is 857. The summed E-state index contributed by atoms with van der Waals surface area (Å²) in [6.07, 6.45) is 0.534. The summed E-state index contributed by atoms with van der Waals surface area (Å²) < 4.78 is 13.0. The van der Waals surface area contributed by atoms with Gasteiger partial charge in [-0.15, -0.1) is 11.3 Å². The second-order valence-corrected chi connectivity index (χ2v) is 7.64. The number of nitrogens with zero attached hydrogens (tertiary/aromatic N) is 2. The number of aliphatic hydroxyl groups is 1. The maximum Gasteiger partial charge on any atom is 0.248 e. The molecule has 0 unspecified atom stereocenters. The number of piperazine rings is 1. The van der Waals surface area contributed by atoms with Gasteiger partial charge < -0.3 is 20.6 Å². The molecule has 2 aliphatic rings. The van der Waals surface area contributed by atoms with Crippen LogP contribution in [0.4, 0.5) is 4.39 Å². The first-order chi connectivity index (χ1) is 13.0. The lowest BCUT2D eigenvalue weighted by Crippen LogP contribution is -2.62. The largest absolute Gasteiger partial charge is 0.394 e. The number of carbonyl (C=O) groups excluding carboxylic acids is 2. The van der Waals surface area contributed by atoms with Crippen molar-refractivity contribution in [3.05, 3.63) is 40.5 Å². The summed E-state index contributed by atoms with van der Waals surface area (Å²) in [6.45, 7) is 0.567. The van der Waals surface area contributed by atoms with Gasteiger partial charge in [0.25, 0.3) is 0 Å². The monoisotopic (exact) mass is 390 g/mol. The van der Waals surface area contributed by atoms with E-state index in [1.807, 2.05) is 5.38 Å². The van der Waals surface area contributed by atoms with Crippen LogP contribution in [0.1, 0.15) is 11.4 Å². The fourth-order valence-electron chi connectivity index (χ4n) is 3.51. The average molecular weight is 390 g/mol. The Morgan fingerprint density at radius 2 is 2.11 bits per heavy atom. The Morgan fingerprint density at radius 1 is 1.33 bits per heavy atom. The first kappa shape index (κ1) is 18.0. The van der Waals surface area contributed by atoms with Crippen LogP contribution in [-0.2, 0) is 16.1 Å². The van der Waals surface area contributed by atoms with E-state index in [9.17, 15) is 19.1 Å². The van der Waals surface area contributed by atoms with Crippen LogP contribution in [0.15, 0.2) is 29.6 Å². The van der Waals surface area contributed by atoms with Crippen LogP contribution in [0.5, 0.6) is 0 Å². The zero-order valence-corrected chi connectivity index (χ0v) is 15.2. The number of aliphatic hydroxyl groups excluding tert-OH is 1. The van der Waals surface area contributed by atoms with E-state index >= 15 is 0 Å². The molecule has 3 N–H and O–H groups in total. The molecule has 2 saturated heterocycles. The Morgan fingerprint density at radius 3 is 2.85 bits per heavy atom. The van der Waals surface area contributed by atoms with Gasteiger partial charge in [-0.05, 0) is 30.7 Å². The third-order valence-corrected chi connectivity index (χ3v) is 5.77. The third-order valence-electron chi connectivity index (χ3n) is 4.92. The molecule has 3 heterocycles. The minimum Gasteiger partial charge on any atom is -0.394 e. The molecule has 2 aliphatic heterocycles. The number of aromatic nitrogens is 1. The summed E-state index contributed by atoms with van der Waals surface area (Å²) >= 11 is 1.50. The van der Waals surface area contributed by atoms with E-state index in [0.717, 1.165) is 16.3 Å². The van der Waals surface area contributed by atoms with Gasteiger partial charge >= 0.3 is 0 Å². The molecule has 142 valence electrons. The molecule has 9 heteroatoms. The number of thiazole rings is 1. The fraction of sp³-hybridized carbons (Fsp3) is 0.389. The molecular formula is C18H19FN4O3S. The van der Waals surface area contributed by atoms with E-state index in [0.29, 0.717) is 19.5 Å². The minimum atomic E-state index is -0.843. The van der Waals surface area contributed by atoms with Crippen LogP contribution in [0.25, 0.3) is 11.3 Å². The lowest BCUT2D eigenvalue weighted by molar-refractivity contribution is -0.148. The zero-order chi connectivity index (χ0) is 19.0. The molecule has 4 rings (SSSR count). The van der Waals surface area contributed by atoms with Gasteiger partial charge in [0.05, 0.1) is 12.3 Å². The van der Waals surface area contributed by atoms with Gasteiger partial charge in [-0.25, -0.2) is 9.37 Å². The van der Waals surface area contributed by atoms with Gasteiger partial charge in [-0.2, -0.15) is 0 Å². The molecule has 0 saturated carbocycles. The zero-order valence-electron chi connectivity index (χ0n) is 14.4. The molecule has 0 spiro atoms. The van der Waals surface area contributed by atoms with Gasteiger partial charge in [0.1, 0.15) is 22.9 Å². The van der Waals surface area contributed by atoms with E-state index in [1.165, 1.54) is 23.5 Å². The molecule has 1 aromatic carbocycles. The summed E-state index contributed by atoms with van der Waals surface area (Å²) in [5.74, 6) is -0.736. The highest BCUT2D eigenvalue weighted by Gasteiger charge is 2.46. The summed E-state index contributed by atoms with van der Waals surface area (Å²) in [6, 6.07) is 4.86. The van der Waals surface area contributed by atoms with Gasteiger partial charge in [0.15, 0.2) is 0 Å². The molecule has 0 bridgehead atoms. The van der Waals surface area contributed by atoms with E-state index < -0.39 is 18.7 Å². The van der Waals surface area contributed by atoms with Crippen molar-refractivity contribution in [2.45, 2.75) is 31.1 Å². The molecule has 2 amide bonds. The van der Waals surface area contributed by atoms with Gasteiger partial charge in [0.2, 0.25) is 11.8 Å². The van der Waals surface area contributed by atoms with Crippen LogP contribution < -0.4 is 10.6 Å². The van der Waals surface area contributed by atoms with E-state index in [1.54, 1.807) is 17.0 Å². The molecule has 3 atom stereocenters. The summed E-state index contributed by atoms with van der Waals surface area (Å²) in [5.41, 5.74) is 1.65. The van der Waals surface area contributed by atoms with Crippen molar-refractivity contribution in [1.29, 1.82) is 0 Å². The second-order valence-electron chi connectivity index (χ2n) is 6.70. The van der Waals surface area contributed by atoms with Crippen molar-refractivity contribution in [3.63, 3.8) is 0 Å². The SMILES string of the molecule is O=C1N[C@H](CO)C(=O)N2C[C@@H](NCc3nc(-c4ccc(F)cc4)cs3)C[C@@H]12. The Balaban J connectivity index is 1.37. The number of fused-ring (bicyclic) bond motifs is 1. The maximum atomic E-state index is 13.0. The fourth-order valence-corrected chi connectivity index (χ4v) is 4.26. The molecule has 0 radical (unpaired) electrons. The number of hydrogen-bond acceptors (Lipinski definition) is 6. The molecule has 27 heavy (non-hydrogen) atoms. The maximum absolute atomic E-state index is 13.0. The molecular weight excluding hydrogens is 371 g/mol. The second kappa shape index (κ2) is 7.34. The van der Waals surface area contributed by atoms with Crippen molar-refractivity contribution in [2.24, 2.45) is 0 Å². The molecule has 1 aromatic heterocycles. The molecule has 0 aliphatic carbocycles. The normalized spacial score (nSPS) is 24.8. The number of benzene rings is 1. The summed E-state index contributed by atoms with van der Waals surface area (Å²) in [7, 11) is 0. The van der Waals surface area contributed by atoms with Gasteiger partial charge in [-0.1, -0.05) is 0 Å². The van der Waals surface area contributed by atoms with Crippen molar-refractivity contribution < 1.29 is 19.1 Å².